The minimum absolute atomic E-state index is 0.276. The first-order valence-electron chi connectivity index (χ1n) is 9.22. The number of piperidine rings is 1. The lowest BCUT2D eigenvalue weighted by Crippen LogP contribution is -2.31. The zero-order chi connectivity index (χ0) is 18.6. The first kappa shape index (κ1) is 17.4. The van der Waals surface area contributed by atoms with E-state index in [0.29, 0.717) is 18.0 Å². The van der Waals surface area contributed by atoms with Crippen LogP contribution in [0.25, 0.3) is 11.1 Å². The van der Waals surface area contributed by atoms with Crippen LogP contribution in [0.3, 0.4) is 0 Å². The smallest absolute Gasteiger partial charge is 0.336 e. The van der Waals surface area contributed by atoms with Crippen LogP contribution in [0.1, 0.15) is 40.5 Å². The molecule has 1 atom stereocenters. The molecule has 6 heteroatoms. The number of rotatable bonds is 5. The van der Waals surface area contributed by atoms with Gasteiger partial charge in [-0.3, -0.25) is 9.67 Å². The molecule has 4 rings (SSSR count). The van der Waals surface area contributed by atoms with Crippen molar-refractivity contribution in [2.75, 3.05) is 13.1 Å². The zero-order valence-corrected chi connectivity index (χ0v) is 15.0. The molecule has 0 saturated carbocycles. The average molecular weight is 362 g/mol. The molecule has 6 nitrogen and oxygen atoms in total. The summed E-state index contributed by atoms with van der Waals surface area (Å²) in [5.74, 6) is -0.940. The lowest BCUT2D eigenvalue weighted by atomic mass is 10.00. The van der Waals surface area contributed by atoms with Crippen LogP contribution in [0.4, 0.5) is 0 Å². The van der Waals surface area contributed by atoms with Crippen molar-refractivity contribution in [3.63, 3.8) is 0 Å². The number of benzene rings is 1. The highest BCUT2D eigenvalue weighted by Crippen LogP contribution is 2.28. The Bertz CT molecular complexity index is 930. The van der Waals surface area contributed by atoms with Gasteiger partial charge in [-0.15, -0.1) is 0 Å². The molecule has 27 heavy (non-hydrogen) atoms. The lowest BCUT2D eigenvalue weighted by molar-refractivity contribution is 0.0695. The van der Waals surface area contributed by atoms with Gasteiger partial charge in [0, 0.05) is 37.1 Å². The Morgan fingerprint density at radius 2 is 2.11 bits per heavy atom. The largest absolute Gasteiger partial charge is 0.478 e. The molecule has 138 valence electrons. The molecule has 0 amide bonds. The Hall–Kier alpha value is -2.99. The molecule has 2 aromatic heterocycles. The maximum absolute atomic E-state index is 11.6. The van der Waals surface area contributed by atoms with Crippen LogP contribution in [0.5, 0.6) is 0 Å². The predicted octanol–water partition coefficient (Wildman–Crippen LogP) is 3.16. The van der Waals surface area contributed by atoms with E-state index in [1.54, 1.807) is 12.3 Å². The van der Waals surface area contributed by atoms with E-state index < -0.39 is 5.97 Å². The topological polar surface area (TPSA) is 80.0 Å². The molecule has 0 bridgehead atoms. The van der Waals surface area contributed by atoms with Crippen LogP contribution < -0.4 is 5.32 Å². The first-order valence-corrected chi connectivity index (χ1v) is 9.22. The van der Waals surface area contributed by atoms with E-state index in [2.05, 4.69) is 28.6 Å². The molecule has 0 radical (unpaired) electrons. The van der Waals surface area contributed by atoms with Crippen molar-refractivity contribution in [1.29, 1.82) is 0 Å². The van der Waals surface area contributed by atoms with Crippen molar-refractivity contribution >= 4 is 5.97 Å². The van der Waals surface area contributed by atoms with Gasteiger partial charge in [0.2, 0.25) is 0 Å². The minimum atomic E-state index is -0.940. The molecule has 1 aliphatic rings. The van der Waals surface area contributed by atoms with Crippen LogP contribution in [0.15, 0.2) is 55.0 Å². The molecule has 3 aromatic rings. The van der Waals surface area contributed by atoms with Gasteiger partial charge in [-0.2, -0.15) is 5.10 Å². The van der Waals surface area contributed by atoms with E-state index in [1.807, 2.05) is 22.9 Å². The van der Waals surface area contributed by atoms with Crippen LogP contribution in [-0.4, -0.2) is 38.9 Å². The summed E-state index contributed by atoms with van der Waals surface area (Å²) in [4.78, 5) is 15.7. The van der Waals surface area contributed by atoms with Crippen LogP contribution >= 0.6 is 0 Å². The fourth-order valence-electron chi connectivity index (χ4n) is 3.62. The van der Waals surface area contributed by atoms with Gasteiger partial charge in [-0.1, -0.05) is 30.3 Å². The van der Waals surface area contributed by atoms with Gasteiger partial charge < -0.3 is 10.4 Å². The first-order chi connectivity index (χ1) is 13.2. The summed E-state index contributed by atoms with van der Waals surface area (Å²) in [5.41, 5.74) is 3.96. The Morgan fingerprint density at radius 1 is 1.26 bits per heavy atom. The predicted molar refractivity (Wildman–Crippen MR) is 103 cm³/mol. The summed E-state index contributed by atoms with van der Waals surface area (Å²) in [7, 11) is 0. The maximum Gasteiger partial charge on any atom is 0.336 e. The third-order valence-electron chi connectivity index (χ3n) is 5.03. The highest BCUT2D eigenvalue weighted by atomic mass is 16.4. The van der Waals surface area contributed by atoms with Crippen molar-refractivity contribution in [3.8, 4) is 11.1 Å². The molecular weight excluding hydrogens is 340 g/mol. The number of carbonyl (C=O) groups is 1. The van der Waals surface area contributed by atoms with Crippen LogP contribution in [-0.2, 0) is 6.42 Å². The van der Waals surface area contributed by atoms with Crippen molar-refractivity contribution in [1.82, 2.24) is 20.1 Å². The van der Waals surface area contributed by atoms with Gasteiger partial charge in [-0.05, 0) is 36.6 Å². The molecule has 0 spiro atoms. The summed E-state index contributed by atoms with van der Waals surface area (Å²) in [6.45, 7) is 1.95. The van der Waals surface area contributed by atoms with E-state index in [1.165, 1.54) is 6.20 Å². The molecule has 2 N–H and O–H groups in total. The molecule has 1 saturated heterocycles. The number of pyridine rings is 1. The second kappa shape index (κ2) is 7.72. The molecule has 3 heterocycles. The van der Waals surface area contributed by atoms with Crippen molar-refractivity contribution in [2.45, 2.75) is 25.3 Å². The standard InChI is InChI=1S/C21H22N4O2/c26-21(27)18-8-10-23-12-16(18)11-20-19(15-5-2-1-3-6-15)14-25(24-20)17-7-4-9-22-13-17/h1-3,5-6,8,10,12,14,17,22H,4,7,9,11,13H2,(H,26,27). The molecule has 1 aromatic carbocycles. The second-order valence-electron chi connectivity index (χ2n) is 6.85. The number of aromatic carboxylic acids is 1. The summed E-state index contributed by atoms with van der Waals surface area (Å²) >= 11 is 0. The van der Waals surface area contributed by atoms with Crippen molar-refractivity contribution < 1.29 is 9.90 Å². The van der Waals surface area contributed by atoms with Crippen molar-refractivity contribution in [3.05, 3.63) is 71.8 Å². The molecule has 0 aliphatic carbocycles. The number of carboxylic acids is 1. The van der Waals surface area contributed by atoms with E-state index in [0.717, 1.165) is 42.8 Å². The lowest BCUT2D eigenvalue weighted by Gasteiger charge is -2.23. The van der Waals surface area contributed by atoms with Crippen LogP contribution in [0.2, 0.25) is 0 Å². The van der Waals surface area contributed by atoms with Gasteiger partial charge >= 0.3 is 5.97 Å². The zero-order valence-electron chi connectivity index (χ0n) is 15.0. The number of nitrogens with one attached hydrogen (secondary N) is 1. The van der Waals surface area contributed by atoms with E-state index in [4.69, 9.17) is 5.10 Å². The SMILES string of the molecule is O=C(O)c1ccncc1Cc1nn(C2CCCNC2)cc1-c1ccccc1. The normalized spacial score (nSPS) is 17.0. The fourth-order valence-corrected chi connectivity index (χ4v) is 3.62. The van der Waals surface area contributed by atoms with Gasteiger partial charge in [0.05, 0.1) is 17.3 Å². The monoisotopic (exact) mass is 362 g/mol. The molecule has 1 aliphatic heterocycles. The highest BCUT2D eigenvalue weighted by Gasteiger charge is 2.20. The van der Waals surface area contributed by atoms with Crippen molar-refractivity contribution in [2.24, 2.45) is 0 Å². The van der Waals surface area contributed by atoms with E-state index in [9.17, 15) is 9.90 Å². The fraction of sp³-hybridized carbons (Fsp3) is 0.286. The van der Waals surface area contributed by atoms with E-state index >= 15 is 0 Å². The number of hydrogen-bond donors (Lipinski definition) is 2. The Labute approximate surface area is 157 Å². The number of nitrogens with zero attached hydrogens (tertiary/aromatic N) is 3. The summed E-state index contributed by atoms with van der Waals surface area (Å²) < 4.78 is 2.04. The quantitative estimate of drug-likeness (QED) is 0.729. The van der Waals surface area contributed by atoms with Gasteiger partial charge in [0.1, 0.15) is 0 Å². The maximum atomic E-state index is 11.6. The van der Waals surface area contributed by atoms with Gasteiger partial charge in [-0.25, -0.2) is 4.79 Å². The molecule has 1 fully saturated rings. The Kier molecular flexibility index (Phi) is 4.98. The summed E-state index contributed by atoms with van der Waals surface area (Å²) in [5, 5.41) is 17.8. The third-order valence-corrected chi connectivity index (χ3v) is 5.03. The third kappa shape index (κ3) is 3.75. The average Bonchev–Trinajstić information content (AvgIpc) is 3.13. The second-order valence-corrected chi connectivity index (χ2v) is 6.85. The number of aromatic nitrogens is 3. The Balaban J connectivity index is 1.74. The van der Waals surface area contributed by atoms with Crippen LogP contribution in [0, 0.1) is 0 Å². The minimum Gasteiger partial charge on any atom is -0.478 e. The number of hydrogen-bond acceptors (Lipinski definition) is 4. The van der Waals surface area contributed by atoms with Gasteiger partial charge in [0.25, 0.3) is 0 Å². The molecular formula is C21H22N4O2. The number of carboxylic acid groups (broad SMARTS) is 1. The summed E-state index contributed by atoms with van der Waals surface area (Å²) in [6.07, 6.45) is 7.89. The summed E-state index contributed by atoms with van der Waals surface area (Å²) in [6, 6.07) is 12.0. The molecule has 1 unspecified atom stereocenters. The highest BCUT2D eigenvalue weighted by molar-refractivity contribution is 5.89. The Morgan fingerprint density at radius 3 is 2.85 bits per heavy atom. The van der Waals surface area contributed by atoms with E-state index in [-0.39, 0.29) is 5.56 Å². The van der Waals surface area contributed by atoms with Gasteiger partial charge in [0.15, 0.2) is 0 Å².